The predicted molar refractivity (Wildman–Crippen MR) is 82.6 cm³/mol. The van der Waals surface area contributed by atoms with Gasteiger partial charge in [-0.3, -0.25) is 0 Å². The third-order valence-electron chi connectivity index (χ3n) is 3.55. The lowest BCUT2D eigenvalue weighted by Gasteiger charge is -2.25. The Morgan fingerprint density at radius 2 is 2.14 bits per heavy atom. The van der Waals surface area contributed by atoms with Gasteiger partial charge in [-0.2, -0.15) is 0 Å². The number of ether oxygens (including phenoxy) is 3. The standard InChI is InChI=1S/C18H24O3/c1-2-3-11-17(15-21-18-12-7-8-13-19-18)20-14-16-9-5-4-6-10-16/h1,4-6,9-10,17-18H,3,7-8,11-15H2/t17-,18?/m0/s1. The fourth-order valence-electron chi connectivity index (χ4n) is 2.30. The molecule has 1 aromatic rings. The molecule has 2 atom stereocenters. The van der Waals surface area contributed by atoms with Crippen molar-refractivity contribution in [2.75, 3.05) is 13.2 Å². The fourth-order valence-corrected chi connectivity index (χ4v) is 2.30. The maximum Gasteiger partial charge on any atom is 0.157 e. The maximum atomic E-state index is 5.95. The monoisotopic (exact) mass is 288 g/mol. The lowest BCUT2D eigenvalue weighted by atomic mass is 10.2. The molecule has 1 aliphatic rings. The van der Waals surface area contributed by atoms with Gasteiger partial charge >= 0.3 is 0 Å². The van der Waals surface area contributed by atoms with Crippen molar-refractivity contribution in [3.63, 3.8) is 0 Å². The van der Waals surface area contributed by atoms with Crippen molar-refractivity contribution < 1.29 is 14.2 Å². The molecule has 0 bridgehead atoms. The number of hydrogen-bond acceptors (Lipinski definition) is 3. The minimum atomic E-state index is -0.0765. The van der Waals surface area contributed by atoms with E-state index in [1.54, 1.807) is 0 Å². The predicted octanol–water partition coefficient (Wildman–Crippen LogP) is 3.53. The lowest BCUT2D eigenvalue weighted by Crippen LogP contribution is -2.28. The van der Waals surface area contributed by atoms with Crippen molar-refractivity contribution in [2.45, 2.75) is 51.1 Å². The van der Waals surface area contributed by atoms with Crippen LogP contribution in [0.4, 0.5) is 0 Å². The molecule has 1 heterocycles. The summed E-state index contributed by atoms with van der Waals surface area (Å²) >= 11 is 0. The van der Waals surface area contributed by atoms with Crippen LogP contribution in [0.2, 0.25) is 0 Å². The molecule has 1 saturated heterocycles. The zero-order valence-corrected chi connectivity index (χ0v) is 12.5. The second-order valence-corrected chi connectivity index (χ2v) is 5.29. The molecule has 0 aromatic heterocycles. The Kier molecular flexibility index (Phi) is 7.31. The summed E-state index contributed by atoms with van der Waals surface area (Å²) in [7, 11) is 0. The average molecular weight is 288 g/mol. The van der Waals surface area contributed by atoms with Crippen LogP contribution in [-0.4, -0.2) is 25.6 Å². The first-order chi connectivity index (χ1) is 10.4. The number of terminal acetylenes is 1. The molecule has 0 radical (unpaired) electrons. The van der Waals surface area contributed by atoms with Gasteiger partial charge in [-0.1, -0.05) is 30.3 Å². The zero-order valence-electron chi connectivity index (χ0n) is 12.5. The van der Waals surface area contributed by atoms with Gasteiger partial charge in [-0.25, -0.2) is 0 Å². The molecule has 0 aliphatic carbocycles. The van der Waals surface area contributed by atoms with Gasteiger partial charge in [0.05, 0.1) is 19.3 Å². The van der Waals surface area contributed by atoms with Crippen LogP contribution < -0.4 is 0 Å². The lowest BCUT2D eigenvalue weighted by molar-refractivity contribution is -0.181. The van der Waals surface area contributed by atoms with Gasteiger partial charge in [0, 0.05) is 13.0 Å². The van der Waals surface area contributed by atoms with E-state index in [1.165, 1.54) is 6.42 Å². The third kappa shape index (κ3) is 6.31. The van der Waals surface area contributed by atoms with Gasteiger partial charge in [0.15, 0.2) is 6.29 Å². The summed E-state index contributed by atoms with van der Waals surface area (Å²) in [6, 6.07) is 10.2. The Hall–Kier alpha value is -1.34. The number of benzene rings is 1. The van der Waals surface area contributed by atoms with Crippen molar-refractivity contribution in [3.05, 3.63) is 35.9 Å². The third-order valence-corrected chi connectivity index (χ3v) is 3.55. The molecular formula is C18H24O3. The first-order valence-electron chi connectivity index (χ1n) is 7.70. The van der Waals surface area contributed by atoms with Crippen LogP contribution in [0.3, 0.4) is 0 Å². The highest BCUT2D eigenvalue weighted by Gasteiger charge is 2.17. The smallest absolute Gasteiger partial charge is 0.157 e. The van der Waals surface area contributed by atoms with E-state index < -0.39 is 0 Å². The van der Waals surface area contributed by atoms with E-state index >= 15 is 0 Å². The maximum absolute atomic E-state index is 5.95. The molecule has 0 amide bonds. The summed E-state index contributed by atoms with van der Waals surface area (Å²) in [4.78, 5) is 0. The van der Waals surface area contributed by atoms with E-state index in [0.29, 0.717) is 19.6 Å². The van der Waals surface area contributed by atoms with Crippen LogP contribution in [0.5, 0.6) is 0 Å². The van der Waals surface area contributed by atoms with Crippen LogP contribution >= 0.6 is 0 Å². The first kappa shape index (κ1) is 16.0. The second-order valence-electron chi connectivity index (χ2n) is 5.29. The minimum Gasteiger partial charge on any atom is -0.371 e. The van der Waals surface area contributed by atoms with Gasteiger partial charge in [-0.15, -0.1) is 12.3 Å². The average Bonchev–Trinajstić information content (AvgIpc) is 2.56. The molecular weight excluding hydrogens is 264 g/mol. The van der Waals surface area contributed by atoms with Gasteiger partial charge in [-0.05, 0) is 31.2 Å². The molecule has 0 N–H and O–H groups in total. The largest absolute Gasteiger partial charge is 0.371 e. The van der Waals surface area contributed by atoms with Gasteiger partial charge in [0.1, 0.15) is 0 Å². The number of rotatable bonds is 8. The normalized spacial score (nSPS) is 19.9. The van der Waals surface area contributed by atoms with Gasteiger partial charge in [0.25, 0.3) is 0 Å². The van der Waals surface area contributed by atoms with Crippen molar-refractivity contribution in [2.24, 2.45) is 0 Å². The molecule has 0 spiro atoms. The Labute approximate surface area is 127 Å². The van der Waals surface area contributed by atoms with Crippen LogP contribution in [0.25, 0.3) is 0 Å². The summed E-state index contributed by atoms with van der Waals surface area (Å²) in [5, 5.41) is 0. The van der Waals surface area contributed by atoms with E-state index in [0.717, 1.165) is 31.4 Å². The molecule has 3 nitrogen and oxygen atoms in total. The summed E-state index contributed by atoms with van der Waals surface area (Å²) in [6.45, 7) is 1.93. The van der Waals surface area contributed by atoms with Gasteiger partial charge in [0.2, 0.25) is 0 Å². The quantitative estimate of drug-likeness (QED) is 0.685. The fraction of sp³-hybridized carbons (Fsp3) is 0.556. The van der Waals surface area contributed by atoms with E-state index in [2.05, 4.69) is 18.1 Å². The van der Waals surface area contributed by atoms with E-state index in [9.17, 15) is 0 Å². The Balaban J connectivity index is 1.75. The molecule has 114 valence electrons. The molecule has 1 unspecified atom stereocenters. The summed E-state index contributed by atoms with van der Waals surface area (Å²) < 4.78 is 17.3. The van der Waals surface area contributed by atoms with Crippen LogP contribution in [0, 0.1) is 12.3 Å². The molecule has 1 aromatic carbocycles. The Bertz CT molecular complexity index is 418. The SMILES string of the molecule is C#CCC[C@@H](COC1CCCCO1)OCc1ccccc1. The highest BCUT2D eigenvalue weighted by atomic mass is 16.7. The zero-order chi connectivity index (χ0) is 14.8. The molecule has 21 heavy (non-hydrogen) atoms. The second kappa shape index (κ2) is 9.57. The summed E-state index contributed by atoms with van der Waals surface area (Å²) in [6.07, 6.45) is 10.1. The topological polar surface area (TPSA) is 27.7 Å². The highest BCUT2D eigenvalue weighted by Crippen LogP contribution is 2.16. The number of hydrogen-bond donors (Lipinski definition) is 0. The summed E-state index contributed by atoms with van der Waals surface area (Å²) in [5.41, 5.74) is 1.16. The van der Waals surface area contributed by atoms with E-state index in [-0.39, 0.29) is 12.4 Å². The van der Waals surface area contributed by atoms with Crippen molar-refractivity contribution in [1.82, 2.24) is 0 Å². The van der Waals surface area contributed by atoms with Crippen molar-refractivity contribution in [1.29, 1.82) is 0 Å². The molecule has 1 aliphatic heterocycles. The van der Waals surface area contributed by atoms with Gasteiger partial charge < -0.3 is 14.2 Å². The molecule has 2 rings (SSSR count). The Morgan fingerprint density at radius 1 is 1.29 bits per heavy atom. The van der Waals surface area contributed by atoms with Crippen LogP contribution in [0.1, 0.15) is 37.7 Å². The first-order valence-corrected chi connectivity index (χ1v) is 7.70. The summed E-state index contributed by atoms with van der Waals surface area (Å²) in [5.74, 6) is 2.67. The highest BCUT2D eigenvalue weighted by molar-refractivity contribution is 5.13. The van der Waals surface area contributed by atoms with Crippen LogP contribution in [-0.2, 0) is 20.8 Å². The molecule has 3 heteroatoms. The Morgan fingerprint density at radius 3 is 2.86 bits per heavy atom. The van der Waals surface area contributed by atoms with Crippen molar-refractivity contribution >= 4 is 0 Å². The van der Waals surface area contributed by atoms with E-state index in [4.69, 9.17) is 20.6 Å². The van der Waals surface area contributed by atoms with E-state index in [1.807, 2.05) is 18.2 Å². The molecule has 0 saturated carbocycles. The minimum absolute atomic E-state index is 0.0202. The van der Waals surface area contributed by atoms with Crippen molar-refractivity contribution in [3.8, 4) is 12.3 Å². The molecule has 1 fully saturated rings. The van der Waals surface area contributed by atoms with Crippen LogP contribution in [0.15, 0.2) is 30.3 Å².